The molecule has 0 radical (unpaired) electrons. The second-order valence-corrected chi connectivity index (χ2v) is 8.31. The van der Waals surface area contributed by atoms with E-state index in [4.69, 9.17) is 0 Å². The van der Waals surface area contributed by atoms with E-state index in [1.807, 2.05) is 36.2 Å². The van der Waals surface area contributed by atoms with E-state index in [-0.39, 0.29) is 5.91 Å². The number of carbonyl (C=O) groups excluding carboxylic acids is 1. The first-order valence-corrected chi connectivity index (χ1v) is 10.4. The predicted molar refractivity (Wildman–Crippen MR) is 114 cm³/mol. The number of imidazole rings is 2. The van der Waals surface area contributed by atoms with Gasteiger partial charge in [0.2, 0.25) is 5.91 Å². The van der Waals surface area contributed by atoms with Crippen LogP contribution in [0.3, 0.4) is 0 Å². The second-order valence-electron chi connectivity index (χ2n) is 8.31. The van der Waals surface area contributed by atoms with Gasteiger partial charge in [-0.3, -0.25) is 4.79 Å². The largest absolute Gasteiger partial charge is 0.342 e. The van der Waals surface area contributed by atoms with Crippen LogP contribution in [0.15, 0.2) is 30.6 Å². The number of amides is 1. The number of fused-ring (bicyclic) bond motifs is 1. The molecular formula is C22H30N6O. The van der Waals surface area contributed by atoms with Gasteiger partial charge in [-0.25, -0.2) is 9.97 Å². The molecule has 3 aromatic rings. The van der Waals surface area contributed by atoms with Gasteiger partial charge in [0.05, 0.1) is 17.5 Å². The maximum Gasteiger partial charge on any atom is 0.227 e. The van der Waals surface area contributed by atoms with E-state index in [2.05, 4.69) is 44.7 Å². The molecule has 0 saturated carbocycles. The molecule has 0 spiro atoms. The Bertz CT molecular complexity index is 988. The zero-order chi connectivity index (χ0) is 20.4. The molecular weight excluding hydrogens is 364 g/mol. The van der Waals surface area contributed by atoms with E-state index in [0.29, 0.717) is 12.3 Å². The van der Waals surface area contributed by atoms with Crippen molar-refractivity contribution in [2.24, 2.45) is 0 Å². The fraction of sp³-hybridized carbons (Fsp3) is 0.500. The van der Waals surface area contributed by atoms with Crippen molar-refractivity contribution >= 4 is 16.9 Å². The van der Waals surface area contributed by atoms with E-state index < -0.39 is 0 Å². The summed E-state index contributed by atoms with van der Waals surface area (Å²) in [6.07, 6.45) is 6.47. The summed E-state index contributed by atoms with van der Waals surface area (Å²) >= 11 is 0. The highest BCUT2D eigenvalue weighted by atomic mass is 16.2. The average molecular weight is 395 g/mol. The highest BCUT2D eigenvalue weighted by Crippen LogP contribution is 2.26. The molecule has 1 N–H and O–H groups in total. The normalized spacial score (nSPS) is 17.4. The number of aromatic amines is 1. The first-order chi connectivity index (χ1) is 14.0. The first-order valence-electron chi connectivity index (χ1n) is 10.4. The van der Waals surface area contributed by atoms with Crippen molar-refractivity contribution in [2.45, 2.75) is 38.6 Å². The summed E-state index contributed by atoms with van der Waals surface area (Å²) in [7, 11) is 4.17. The maximum atomic E-state index is 13.0. The monoisotopic (exact) mass is 394 g/mol. The molecule has 7 nitrogen and oxygen atoms in total. The lowest BCUT2D eigenvalue weighted by Gasteiger charge is -2.33. The lowest BCUT2D eigenvalue weighted by Crippen LogP contribution is -2.40. The lowest BCUT2D eigenvalue weighted by molar-refractivity contribution is -0.131. The van der Waals surface area contributed by atoms with Gasteiger partial charge in [-0.15, -0.1) is 0 Å². The Labute approximate surface area is 171 Å². The maximum absolute atomic E-state index is 13.0. The van der Waals surface area contributed by atoms with Crippen molar-refractivity contribution in [3.63, 3.8) is 0 Å². The van der Waals surface area contributed by atoms with E-state index >= 15 is 0 Å². The van der Waals surface area contributed by atoms with E-state index in [0.717, 1.165) is 67.3 Å². The molecule has 1 atom stereocenters. The number of nitrogens with zero attached hydrogens (tertiary/aromatic N) is 5. The van der Waals surface area contributed by atoms with Crippen LogP contribution >= 0.6 is 0 Å². The van der Waals surface area contributed by atoms with Gasteiger partial charge in [-0.1, -0.05) is 6.07 Å². The molecule has 1 aliphatic rings. The van der Waals surface area contributed by atoms with Crippen LogP contribution in [-0.2, 0) is 17.8 Å². The van der Waals surface area contributed by atoms with Gasteiger partial charge in [0, 0.05) is 44.5 Å². The number of nitrogens with one attached hydrogen (secondary N) is 1. The van der Waals surface area contributed by atoms with Crippen molar-refractivity contribution in [3.8, 4) is 0 Å². The van der Waals surface area contributed by atoms with Crippen LogP contribution in [0.4, 0.5) is 0 Å². The van der Waals surface area contributed by atoms with E-state index in [1.165, 1.54) is 0 Å². The molecule has 29 heavy (non-hydrogen) atoms. The van der Waals surface area contributed by atoms with Crippen molar-refractivity contribution in [2.75, 3.05) is 33.7 Å². The Morgan fingerprint density at radius 1 is 1.34 bits per heavy atom. The van der Waals surface area contributed by atoms with Gasteiger partial charge >= 0.3 is 0 Å². The summed E-state index contributed by atoms with van der Waals surface area (Å²) < 4.78 is 2.24. The van der Waals surface area contributed by atoms with Crippen LogP contribution in [0.5, 0.6) is 0 Å². The molecule has 0 aliphatic carbocycles. The number of likely N-dealkylation sites (N-methyl/N-ethyl adjacent to an activating group) is 1. The minimum Gasteiger partial charge on any atom is -0.342 e. The van der Waals surface area contributed by atoms with Crippen LogP contribution < -0.4 is 0 Å². The van der Waals surface area contributed by atoms with Crippen LogP contribution in [0.2, 0.25) is 0 Å². The van der Waals surface area contributed by atoms with Crippen molar-refractivity contribution < 1.29 is 4.79 Å². The summed E-state index contributed by atoms with van der Waals surface area (Å²) in [5.74, 6) is 2.50. The molecule has 1 fully saturated rings. The van der Waals surface area contributed by atoms with E-state index in [9.17, 15) is 4.79 Å². The molecule has 1 aromatic carbocycles. The van der Waals surface area contributed by atoms with Gasteiger partial charge in [-0.2, -0.15) is 0 Å². The average Bonchev–Trinajstić information content (AvgIpc) is 3.31. The van der Waals surface area contributed by atoms with Gasteiger partial charge < -0.3 is 19.4 Å². The number of aryl methyl sites for hydroxylation is 1. The minimum absolute atomic E-state index is 0.191. The molecule has 1 unspecified atom stereocenters. The SMILES string of the molecule is Cc1nc2ccc(CC(=O)N3CCCC(c4nccn4CCN(C)C)C3)cc2[nH]1. The first kappa shape index (κ1) is 19.6. The molecule has 0 bridgehead atoms. The Balaban J connectivity index is 1.42. The molecule has 1 amide bonds. The van der Waals surface area contributed by atoms with Crippen LogP contribution in [-0.4, -0.2) is 69.0 Å². The molecule has 2 aromatic heterocycles. The van der Waals surface area contributed by atoms with Gasteiger partial charge in [0.1, 0.15) is 11.6 Å². The third kappa shape index (κ3) is 4.50. The van der Waals surface area contributed by atoms with Gasteiger partial charge in [0.25, 0.3) is 0 Å². The lowest BCUT2D eigenvalue weighted by atomic mass is 9.96. The molecule has 3 heterocycles. The number of rotatable bonds is 6. The number of H-pyrrole nitrogens is 1. The molecule has 4 rings (SSSR count). The molecule has 1 saturated heterocycles. The second kappa shape index (κ2) is 8.37. The number of likely N-dealkylation sites (tertiary alicyclic amines) is 1. The third-order valence-corrected chi connectivity index (χ3v) is 5.70. The summed E-state index contributed by atoms with van der Waals surface area (Å²) in [6, 6.07) is 6.04. The van der Waals surface area contributed by atoms with Crippen molar-refractivity contribution in [1.29, 1.82) is 0 Å². The summed E-state index contributed by atoms with van der Waals surface area (Å²) in [5.41, 5.74) is 2.97. The predicted octanol–water partition coefficient (Wildman–Crippen LogP) is 2.58. The van der Waals surface area contributed by atoms with Gasteiger partial charge in [0.15, 0.2) is 0 Å². The highest BCUT2D eigenvalue weighted by molar-refractivity contribution is 5.82. The fourth-order valence-corrected chi connectivity index (χ4v) is 4.17. The number of piperidine rings is 1. The van der Waals surface area contributed by atoms with Crippen LogP contribution in [0.25, 0.3) is 11.0 Å². The summed E-state index contributed by atoms with van der Waals surface area (Å²) in [6.45, 7) is 5.44. The third-order valence-electron chi connectivity index (χ3n) is 5.70. The Hall–Kier alpha value is -2.67. The number of hydrogen-bond acceptors (Lipinski definition) is 4. The van der Waals surface area contributed by atoms with Crippen LogP contribution in [0.1, 0.15) is 36.0 Å². The topological polar surface area (TPSA) is 70.1 Å². The van der Waals surface area contributed by atoms with Gasteiger partial charge in [-0.05, 0) is 51.6 Å². The summed E-state index contributed by atoms with van der Waals surface area (Å²) in [4.78, 5) is 29.5. The Kier molecular flexibility index (Phi) is 5.67. The number of hydrogen-bond donors (Lipinski definition) is 1. The zero-order valence-electron chi connectivity index (χ0n) is 17.6. The molecule has 1 aliphatic heterocycles. The molecule has 7 heteroatoms. The standard InChI is InChI=1S/C22H30N6O/c1-16-24-19-7-6-17(13-20(19)25-16)14-21(29)28-9-4-5-18(15-28)22-23-8-10-27(22)12-11-26(2)3/h6-8,10,13,18H,4-5,9,11-12,14-15H2,1-3H3,(H,24,25). The number of benzene rings is 1. The Morgan fingerprint density at radius 3 is 3.03 bits per heavy atom. The number of carbonyl (C=O) groups is 1. The molecule has 154 valence electrons. The van der Waals surface area contributed by atoms with E-state index in [1.54, 1.807) is 0 Å². The smallest absolute Gasteiger partial charge is 0.227 e. The summed E-state index contributed by atoms with van der Waals surface area (Å²) in [5, 5.41) is 0. The van der Waals surface area contributed by atoms with Crippen LogP contribution in [0, 0.1) is 6.92 Å². The highest BCUT2D eigenvalue weighted by Gasteiger charge is 2.27. The Morgan fingerprint density at radius 2 is 2.21 bits per heavy atom. The minimum atomic E-state index is 0.191. The fourth-order valence-electron chi connectivity index (χ4n) is 4.17. The van der Waals surface area contributed by atoms with Crippen molar-refractivity contribution in [1.82, 2.24) is 29.3 Å². The van der Waals surface area contributed by atoms with Crippen molar-refractivity contribution in [3.05, 3.63) is 47.8 Å². The zero-order valence-corrected chi connectivity index (χ0v) is 17.6. The quantitative estimate of drug-likeness (QED) is 0.698. The number of aromatic nitrogens is 4.